The highest BCUT2D eigenvalue weighted by molar-refractivity contribution is 8.05. The number of H-pyrrole nitrogens is 1. The molecule has 2 aliphatic heterocycles. The molecule has 40 heavy (non-hydrogen) atoms. The molecule has 2 aromatic carbocycles. The van der Waals surface area contributed by atoms with Crippen LogP contribution in [0, 0.1) is 0 Å². The molecule has 0 bridgehead atoms. The number of morpholine rings is 1. The topological polar surface area (TPSA) is 96.5 Å². The second-order valence-corrected chi connectivity index (χ2v) is 11.5. The van der Waals surface area contributed by atoms with Crippen LogP contribution in [0.25, 0.3) is 11.3 Å². The summed E-state index contributed by atoms with van der Waals surface area (Å²) in [5, 5.41) is 3.44. The molecule has 6 rings (SSSR count). The number of fused-ring (bicyclic) bond motifs is 2. The van der Waals surface area contributed by atoms with E-state index in [0.29, 0.717) is 31.9 Å². The third kappa shape index (κ3) is 5.74. The summed E-state index contributed by atoms with van der Waals surface area (Å²) in [5.74, 6) is -0.363. The Balaban J connectivity index is 1.19. The molecule has 204 valence electrons. The summed E-state index contributed by atoms with van der Waals surface area (Å²) in [6.07, 6.45) is 1.55. The van der Waals surface area contributed by atoms with Crippen molar-refractivity contribution in [3.05, 3.63) is 88.5 Å². The Bertz CT molecular complexity index is 1600. The van der Waals surface area contributed by atoms with E-state index in [0.717, 1.165) is 51.2 Å². The summed E-state index contributed by atoms with van der Waals surface area (Å²) in [6, 6.07) is 19.9. The van der Waals surface area contributed by atoms with Crippen LogP contribution >= 0.6 is 23.5 Å². The molecular weight excluding hydrogens is 544 g/mol. The lowest BCUT2D eigenvalue weighted by molar-refractivity contribution is 0.0526. The Labute approximate surface area is 240 Å². The van der Waals surface area contributed by atoms with Gasteiger partial charge in [0.25, 0.3) is 0 Å². The van der Waals surface area contributed by atoms with Gasteiger partial charge in [0.2, 0.25) is 5.56 Å². The number of carbonyl (C=O) groups is 1. The number of anilines is 2. The zero-order valence-electron chi connectivity index (χ0n) is 21.9. The molecular formula is C30H28N4O4S2. The lowest BCUT2D eigenvalue weighted by Gasteiger charge is -2.29. The molecule has 10 heteroatoms. The molecule has 2 N–H and O–H groups in total. The molecule has 0 spiro atoms. The summed E-state index contributed by atoms with van der Waals surface area (Å²) in [5.41, 5.74) is 4.93. The minimum absolute atomic E-state index is 0.105. The van der Waals surface area contributed by atoms with Crippen molar-refractivity contribution in [3.63, 3.8) is 0 Å². The van der Waals surface area contributed by atoms with E-state index in [1.54, 1.807) is 48.8 Å². The normalized spacial score (nSPS) is 14.3. The van der Waals surface area contributed by atoms with Crippen LogP contribution in [0.1, 0.15) is 23.0 Å². The molecule has 4 aromatic rings. The highest BCUT2D eigenvalue weighted by Crippen LogP contribution is 2.52. The van der Waals surface area contributed by atoms with E-state index in [1.807, 2.05) is 12.1 Å². The molecule has 0 radical (unpaired) electrons. The van der Waals surface area contributed by atoms with Gasteiger partial charge in [0, 0.05) is 61.9 Å². The number of rotatable bonds is 7. The Morgan fingerprint density at radius 2 is 1.93 bits per heavy atom. The zero-order valence-corrected chi connectivity index (χ0v) is 23.6. The van der Waals surface area contributed by atoms with Crippen molar-refractivity contribution in [3.8, 4) is 11.3 Å². The van der Waals surface area contributed by atoms with Gasteiger partial charge in [0.15, 0.2) is 0 Å². The van der Waals surface area contributed by atoms with Crippen molar-refractivity contribution in [1.82, 2.24) is 9.97 Å². The van der Waals surface area contributed by atoms with Gasteiger partial charge in [-0.05, 0) is 49.4 Å². The van der Waals surface area contributed by atoms with Crippen molar-refractivity contribution in [2.24, 2.45) is 0 Å². The van der Waals surface area contributed by atoms with E-state index in [2.05, 4.69) is 56.6 Å². The number of nitrogens with one attached hydrogen (secondary N) is 2. The highest BCUT2D eigenvalue weighted by atomic mass is 32.2. The van der Waals surface area contributed by atoms with Crippen LogP contribution in [-0.4, -0.2) is 48.8 Å². The second kappa shape index (κ2) is 11.8. The van der Waals surface area contributed by atoms with Crippen LogP contribution in [0.2, 0.25) is 0 Å². The average Bonchev–Trinajstić information content (AvgIpc) is 2.99. The maximum Gasteiger partial charge on any atom is 0.339 e. The van der Waals surface area contributed by atoms with Crippen LogP contribution in [0.3, 0.4) is 0 Å². The molecule has 1 fully saturated rings. The van der Waals surface area contributed by atoms with Gasteiger partial charge >= 0.3 is 5.97 Å². The minimum atomic E-state index is -0.363. The van der Waals surface area contributed by atoms with E-state index >= 15 is 0 Å². The fourth-order valence-electron chi connectivity index (χ4n) is 4.66. The van der Waals surface area contributed by atoms with E-state index in [-0.39, 0.29) is 11.5 Å². The van der Waals surface area contributed by atoms with Crippen LogP contribution in [0.5, 0.6) is 0 Å². The largest absolute Gasteiger partial charge is 0.462 e. The Morgan fingerprint density at radius 1 is 1.05 bits per heavy atom. The maximum absolute atomic E-state index is 12.6. The van der Waals surface area contributed by atoms with Gasteiger partial charge in [0.05, 0.1) is 43.3 Å². The first kappa shape index (κ1) is 26.5. The number of ether oxygens (including phenoxy) is 2. The molecule has 2 aliphatic rings. The second-order valence-electron chi connectivity index (χ2n) is 9.33. The van der Waals surface area contributed by atoms with E-state index < -0.39 is 0 Å². The van der Waals surface area contributed by atoms with Crippen molar-refractivity contribution < 1.29 is 14.3 Å². The first-order valence-electron chi connectivity index (χ1n) is 13.1. The number of aromatic nitrogens is 2. The third-order valence-electron chi connectivity index (χ3n) is 6.66. The minimum Gasteiger partial charge on any atom is -0.462 e. The van der Waals surface area contributed by atoms with E-state index in [9.17, 15) is 9.59 Å². The lowest BCUT2D eigenvalue weighted by atomic mass is 10.1. The smallest absolute Gasteiger partial charge is 0.339 e. The monoisotopic (exact) mass is 572 g/mol. The highest BCUT2D eigenvalue weighted by Gasteiger charge is 2.22. The molecule has 8 nitrogen and oxygen atoms in total. The number of aromatic amines is 1. The van der Waals surface area contributed by atoms with Gasteiger partial charge in [-0.15, -0.1) is 0 Å². The molecule has 0 amide bonds. The van der Waals surface area contributed by atoms with Gasteiger partial charge in [-0.3, -0.25) is 9.78 Å². The molecule has 4 heterocycles. The summed E-state index contributed by atoms with van der Waals surface area (Å²) >= 11 is 3.45. The standard InChI is InChI=1S/C30H28N4O4S2/c1-2-38-30(36)19-6-7-21(31-17-19)18-32-20-8-9-25-27(14-20)39-26-5-3-4-23(29(26)40-25)24-15-22(16-28(35)33-24)34-10-12-37-13-11-34/h3-9,14-17,32H,2,10-13,18H2,1H3,(H,33,35). The summed E-state index contributed by atoms with van der Waals surface area (Å²) in [7, 11) is 0. The van der Waals surface area contributed by atoms with Crippen LogP contribution < -0.4 is 15.8 Å². The summed E-state index contributed by atoms with van der Waals surface area (Å²) < 4.78 is 10.5. The predicted octanol–water partition coefficient (Wildman–Crippen LogP) is 5.68. The molecule has 0 saturated carbocycles. The van der Waals surface area contributed by atoms with Crippen molar-refractivity contribution >= 4 is 40.9 Å². The number of hydrogen-bond acceptors (Lipinski definition) is 9. The van der Waals surface area contributed by atoms with Crippen molar-refractivity contribution in [2.75, 3.05) is 43.1 Å². The number of esters is 1. The van der Waals surface area contributed by atoms with Gasteiger partial charge in [-0.2, -0.15) is 0 Å². The Morgan fingerprint density at radius 3 is 2.73 bits per heavy atom. The van der Waals surface area contributed by atoms with Gasteiger partial charge in [-0.25, -0.2) is 4.79 Å². The quantitative estimate of drug-likeness (QED) is 0.239. The first-order chi connectivity index (χ1) is 19.6. The van der Waals surface area contributed by atoms with Crippen LogP contribution in [0.15, 0.2) is 91.2 Å². The summed E-state index contributed by atoms with van der Waals surface area (Å²) in [6.45, 7) is 5.54. The number of hydrogen-bond donors (Lipinski definition) is 2. The van der Waals surface area contributed by atoms with Gasteiger partial charge < -0.3 is 24.7 Å². The SMILES string of the molecule is CCOC(=O)c1ccc(CNc2ccc3c(c2)Sc2cccc(-c4cc(N5CCOCC5)cc(=O)[nH]4)c2S3)nc1. The van der Waals surface area contributed by atoms with E-state index in [4.69, 9.17) is 9.47 Å². The van der Waals surface area contributed by atoms with Gasteiger partial charge in [-0.1, -0.05) is 35.7 Å². The molecule has 0 aliphatic carbocycles. The summed E-state index contributed by atoms with van der Waals surface area (Å²) in [4.78, 5) is 38.7. The van der Waals surface area contributed by atoms with Crippen LogP contribution in [-0.2, 0) is 16.0 Å². The molecule has 0 unspecified atom stereocenters. The molecule has 2 aromatic heterocycles. The average molecular weight is 573 g/mol. The number of benzene rings is 2. The number of pyridine rings is 2. The number of nitrogens with zero attached hydrogens (tertiary/aromatic N) is 2. The van der Waals surface area contributed by atoms with Crippen molar-refractivity contribution in [2.45, 2.75) is 33.1 Å². The molecule has 0 atom stereocenters. The fourth-order valence-corrected chi connectivity index (χ4v) is 7.07. The Kier molecular flexibility index (Phi) is 7.81. The fraction of sp³-hybridized carbons (Fsp3) is 0.233. The predicted molar refractivity (Wildman–Crippen MR) is 158 cm³/mol. The van der Waals surface area contributed by atoms with Gasteiger partial charge in [0.1, 0.15) is 0 Å². The Hall–Kier alpha value is -3.73. The lowest BCUT2D eigenvalue weighted by Crippen LogP contribution is -2.36. The zero-order chi connectivity index (χ0) is 27.5. The third-order valence-corrected chi connectivity index (χ3v) is 9.26. The first-order valence-corrected chi connectivity index (χ1v) is 14.8. The van der Waals surface area contributed by atoms with E-state index in [1.165, 1.54) is 9.79 Å². The number of carbonyl (C=O) groups excluding carboxylic acids is 1. The maximum atomic E-state index is 12.6. The molecule has 1 saturated heterocycles. The van der Waals surface area contributed by atoms with Crippen molar-refractivity contribution in [1.29, 1.82) is 0 Å². The van der Waals surface area contributed by atoms with Crippen LogP contribution in [0.4, 0.5) is 11.4 Å².